The zero-order chi connectivity index (χ0) is 17.2. The Balaban J connectivity index is 2.13. The van der Waals surface area contributed by atoms with Gasteiger partial charge in [-0.15, -0.1) is 0 Å². The molecule has 0 spiro atoms. The maximum absolute atomic E-state index is 12.9. The number of piperazine rings is 2. The van der Waals surface area contributed by atoms with Gasteiger partial charge in [-0.2, -0.15) is 0 Å². The number of rotatable bonds is 2. The molecular formula is C16H30N4O3. The van der Waals surface area contributed by atoms with E-state index < -0.39 is 12.1 Å². The van der Waals surface area contributed by atoms with Crippen LogP contribution in [0.15, 0.2) is 0 Å². The van der Waals surface area contributed by atoms with Crippen molar-refractivity contribution in [3.05, 3.63) is 0 Å². The third kappa shape index (κ3) is 4.14. The van der Waals surface area contributed by atoms with Crippen LogP contribution in [0.25, 0.3) is 0 Å². The van der Waals surface area contributed by atoms with Crippen LogP contribution in [0.5, 0.6) is 0 Å². The molecule has 7 heteroatoms. The van der Waals surface area contributed by atoms with Crippen molar-refractivity contribution in [2.24, 2.45) is 5.41 Å². The molecule has 23 heavy (non-hydrogen) atoms. The maximum atomic E-state index is 12.9. The van der Waals surface area contributed by atoms with Crippen LogP contribution in [-0.2, 0) is 4.79 Å². The van der Waals surface area contributed by atoms with E-state index >= 15 is 0 Å². The second kappa shape index (κ2) is 7.05. The predicted octanol–water partition coefficient (Wildman–Crippen LogP) is 0.517. The molecule has 2 fully saturated rings. The van der Waals surface area contributed by atoms with Crippen molar-refractivity contribution in [2.75, 3.05) is 45.8 Å². The largest absolute Gasteiger partial charge is 0.465 e. The van der Waals surface area contributed by atoms with Gasteiger partial charge in [0.15, 0.2) is 0 Å². The summed E-state index contributed by atoms with van der Waals surface area (Å²) in [4.78, 5) is 29.8. The Morgan fingerprint density at radius 2 is 1.74 bits per heavy atom. The lowest BCUT2D eigenvalue weighted by Crippen LogP contribution is -2.64. The van der Waals surface area contributed by atoms with Crippen molar-refractivity contribution in [1.82, 2.24) is 20.0 Å². The molecule has 0 aromatic rings. The van der Waals surface area contributed by atoms with Crippen LogP contribution in [0.3, 0.4) is 0 Å². The van der Waals surface area contributed by atoms with E-state index in [1.807, 2.05) is 0 Å². The van der Waals surface area contributed by atoms with Crippen molar-refractivity contribution in [3.8, 4) is 0 Å². The average molecular weight is 326 g/mol. The zero-order valence-electron chi connectivity index (χ0n) is 14.7. The van der Waals surface area contributed by atoms with Crippen LogP contribution in [0, 0.1) is 5.41 Å². The molecule has 0 radical (unpaired) electrons. The molecule has 1 unspecified atom stereocenters. The van der Waals surface area contributed by atoms with Gasteiger partial charge in [-0.3, -0.25) is 14.6 Å². The summed E-state index contributed by atoms with van der Waals surface area (Å²) in [6.07, 6.45) is -0.999. The monoisotopic (exact) mass is 326 g/mol. The van der Waals surface area contributed by atoms with E-state index in [0.29, 0.717) is 32.7 Å². The molecular weight excluding hydrogens is 296 g/mol. The summed E-state index contributed by atoms with van der Waals surface area (Å²) in [5.41, 5.74) is 0.0913. The van der Waals surface area contributed by atoms with E-state index in [4.69, 9.17) is 0 Å². The highest BCUT2D eigenvalue weighted by Gasteiger charge is 2.40. The van der Waals surface area contributed by atoms with Crippen molar-refractivity contribution < 1.29 is 14.7 Å². The first kappa shape index (κ1) is 18.0. The average Bonchev–Trinajstić information content (AvgIpc) is 2.52. The maximum Gasteiger partial charge on any atom is 0.408 e. The molecule has 2 aliphatic rings. The summed E-state index contributed by atoms with van der Waals surface area (Å²) in [5, 5.41) is 12.7. The van der Waals surface area contributed by atoms with E-state index in [-0.39, 0.29) is 17.4 Å². The third-order valence-corrected chi connectivity index (χ3v) is 5.17. The van der Waals surface area contributed by atoms with Gasteiger partial charge in [-0.25, -0.2) is 4.79 Å². The van der Waals surface area contributed by atoms with E-state index in [0.717, 1.165) is 13.1 Å². The van der Waals surface area contributed by atoms with Gasteiger partial charge in [0.1, 0.15) is 6.04 Å². The van der Waals surface area contributed by atoms with Gasteiger partial charge in [-0.1, -0.05) is 20.8 Å². The fraction of sp³-hybridized carbons (Fsp3) is 0.875. The summed E-state index contributed by atoms with van der Waals surface area (Å²) in [6.45, 7) is 13.1. The molecule has 2 saturated heterocycles. The lowest BCUT2D eigenvalue weighted by atomic mass is 9.86. The summed E-state index contributed by atoms with van der Waals surface area (Å²) in [6, 6.07) is -0.305. The Labute approximate surface area is 138 Å². The molecule has 0 saturated carbocycles. The topological polar surface area (TPSA) is 76.1 Å². The quantitative estimate of drug-likeness (QED) is 0.774. The minimum Gasteiger partial charge on any atom is -0.465 e. The summed E-state index contributed by atoms with van der Waals surface area (Å²) in [5.74, 6) is -0.0558. The van der Waals surface area contributed by atoms with Gasteiger partial charge < -0.3 is 15.3 Å². The van der Waals surface area contributed by atoms with Crippen molar-refractivity contribution >= 4 is 12.0 Å². The number of hydrogen-bond acceptors (Lipinski definition) is 4. The molecule has 132 valence electrons. The summed E-state index contributed by atoms with van der Waals surface area (Å²) in [7, 11) is 0. The van der Waals surface area contributed by atoms with E-state index in [2.05, 4.69) is 37.9 Å². The van der Waals surface area contributed by atoms with Crippen LogP contribution in [0.2, 0.25) is 0 Å². The molecule has 0 bridgehead atoms. The molecule has 2 heterocycles. The Morgan fingerprint density at radius 1 is 1.13 bits per heavy atom. The van der Waals surface area contributed by atoms with E-state index in [1.165, 1.54) is 4.90 Å². The second-order valence-corrected chi connectivity index (χ2v) is 7.60. The minimum absolute atomic E-state index is 0.0558. The third-order valence-electron chi connectivity index (χ3n) is 5.17. The molecule has 0 aliphatic carbocycles. The lowest BCUT2D eigenvalue weighted by molar-refractivity contribution is -0.140. The molecule has 2 N–H and O–H groups in total. The second-order valence-electron chi connectivity index (χ2n) is 7.60. The Kier molecular flexibility index (Phi) is 5.52. The Bertz CT molecular complexity index is 443. The minimum atomic E-state index is -0.999. The standard InChI is InChI=1S/C16H30N4O3/c1-12(16(2,3)4)19-9-10-20(15(22)23)13(11-19)14(21)18-7-5-17-6-8-18/h12-13,17H,5-11H2,1-4H3,(H,22,23)/t12?,13-/m1/s1. The van der Waals surface area contributed by atoms with Crippen molar-refractivity contribution in [2.45, 2.75) is 39.8 Å². The number of nitrogens with one attached hydrogen (secondary N) is 1. The van der Waals surface area contributed by atoms with Crippen LogP contribution >= 0.6 is 0 Å². The summed E-state index contributed by atoms with van der Waals surface area (Å²) >= 11 is 0. The fourth-order valence-electron chi connectivity index (χ4n) is 3.24. The van der Waals surface area contributed by atoms with Gasteiger partial charge >= 0.3 is 6.09 Å². The number of hydrogen-bond donors (Lipinski definition) is 2. The van der Waals surface area contributed by atoms with Crippen molar-refractivity contribution in [3.63, 3.8) is 0 Å². The first-order valence-electron chi connectivity index (χ1n) is 8.45. The molecule has 0 aromatic heterocycles. The number of carbonyl (C=O) groups excluding carboxylic acids is 1. The predicted molar refractivity (Wildman–Crippen MR) is 88.5 cm³/mol. The molecule has 7 nitrogen and oxygen atoms in total. The normalized spacial score (nSPS) is 25.3. The van der Waals surface area contributed by atoms with Crippen LogP contribution < -0.4 is 5.32 Å². The van der Waals surface area contributed by atoms with Gasteiger partial charge in [0.25, 0.3) is 0 Å². The summed E-state index contributed by atoms with van der Waals surface area (Å²) < 4.78 is 0. The Hall–Kier alpha value is -1.34. The van der Waals surface area contributed by atoms with Gasteiger partial charge in [0.05, 0.1) is 0 Å². The SMILES string of the molecule is CC(N1CCN(C(=O)O)[C@@H](C(=O)N2CCNCC2)C1)C(C)(C)C. The first-order chi connectivity index (χ1) is 10.7. The highest BCUT2D eigenvalue weighted by Crippen LogP contribution is 2.26. The molecule has 2 rings (SSSR count). The first-order valence-corrected chi connectivity index (χ1v) is 8.45. The van der Waals surface area contributed by atoms with Crippen LogP contribution in [0.4, 0.5) is 4.79 Å². The number of carboxylic acid groups (broad SMARTS) is 1. The smallest absolute Gasteiger partial charge is 0.408 e. The number of nitrogens with zero attached hydrogens (tertiary/aromatic N) is 3. The van der Waals surface area contributed by atoms with Gasteiger partial charge in [0, 0.05) is 51.9 Å². The Morgan fingerprint density at radius 3 is 2.26 bits per heavy atom. The van der Waals surface area contributed by atoms with Gasteiger partial charge in [-0.05, 0) is 12.3 Å². The highest BCUT2D eigenvalue weighted by atomic mass is 16.4. The number of amides is 2. The molecule has 2 atom stereocenters. The van der Waals surface area contributed by atoms with E-state index in [1.54, 1.807) is 4.90 Å². The molecule has 0 aromatic carbocycles. The van der Waals surface area contributed by atoms with E-state index in [9.17, 15) is 14.7 Å². The number of carbonyl (C=O) groups is 2. The van der Waals surface area contributed by atoms with Crippen LogP contribution in [-0.4, -0.2) is 89.7 Å². The molecule has 2 amide bonds. The highest BCUT2D eigenvalue weighted by molar-refractivity contribution is 5.86. The fourth-order valence-corrected chi connectivity index (χ4v) is 3.24. The van der Waals surface area contributed by atoms with Gasteiger partial charge in [0.2, 0.25) is 5.91 Å². The zero-order valence-corrected chi connectivity index (χ0v) is 14.7. The lowest BCUT2D eigenvalue weighted by Gasteiger charge is -2.46. The van der Waals surface area contributed by atoms with Crippen LogP contribution in [0.1, 0.15) is 27.7 Å². The molecule has 2 aliphatic heterocycles. The van der Waals surface area contributed by atoms with Crippen molar-refractivity contribution in [1.29, 1.82) is 0 Å².